The minimum Gasteiger partial charge on any atom is -0.444 e. The number of oxazole rings is 1. The van der Waals surface area contributed by atoms with Gasteiger partial charge in [-0.1, -0.05) is 6.07 Å². The first-order valence-corrected chi connectivity index (χ1v) is 9.91. The highest BCUT2D eigenvalue weighted by Gasteiger charge is 2.18. The molecule has 0 aromatic carbocycles. The molecule has 0 saturated carbocycles. The number of anilines is 1. The zero-order valence-corrected chi connectivity index (χ0v) is 15.3. The van der Waals surface area contributed by atoms with Crippen molar-refractivity contribution in [3.05, 3.63) is 40.5 Å². The number of hydrogen-bond acceptors (Lipinski definition) is 7. The lowest BCUT2D eigenvalue weighted by Crippen LogP contribution is -2.30. The smallest absolute Gasteiger partial charge is 0.236 e. The number of aromatic nitrogens is 2. The van der Waals surface area contributed by atoms with Crippen molar-refractivity contribution in [1.29, 1.82) is 0 Å². The molecule has 1 aliphatic rings. The summed E-state index contributed by atoms with van der Waals surface area (Å²) in [6.07, 6.45) is 2.94. The minimum atomic E-state index is 0.731. The molecular weight excluding hydrogens is 340 g/mol. The summed E-state index contributed by atoms with van der Waals surface area (Å²) < 4.78 is 5.63. The molecule has 0 N–H and O–H groups in total. The van der Waals surface area contributed by atoms with Crippen molar-refractivity contribution < 1.29 is 4.42 Å². The molecule has 0 amide bonds. The fourth-order valence-electron chi connectivity index (χ4n) is 2.93. The zero-order chi connectivity index (χ0) is 16.4. The maximum atomic E-state index is 5.63. The molecule has 1 aliphatic heterocycles. The van der Waals surface area contributed by atoms with Crippen LogP contribution in [0.25, 0.3) is 10.8 Å². The second-order valence-electron chi connectivity index (χ2n) is 6.01. The molecule has 4 rings (SSSR count). The number of rotatable bonds is 4. The van der Waals surface area contributed by atoms with Crippen LogP contribution in [-0.2, 0) is 6.54 Å². The van der Waals surface area contributed by atoms with E-state index >= 15 is 0 Å². The van der Waals surface area contributed by atoms with Crippen LogP contribution in [0.15, 0.2) is 33.6 Å². The van der Waals surface area contributed by atoms with Gasteiger partial charge in [-0.05, 0) is 24.8 Å². The van der Waals surface area contributed by atoms with Crippen molar-refractivity contribution in [2.24, 2.45) is 0 Å². The third-order valence-electron chi connectivity index (χ3n) is 4.14. The van der Waals surface area contributed by atoms with Crippen molar-refractivity contribution in [3.8, 4) is 10.8 Å². The van der Waals surface area contributed by atoms with Gasteiger partial charge in [0.2, 0.25) is 5.89 Å². The molecule has 0 aliphatic carbocycles. The highest BCUT2D eigenvalue weighted by Crippen LogP contribution is 2.25. The fraction of sp³-hybridized carbons (Fsp3) is 0.412. The van der Waals surface area contributed by atoms with E-state index in [0.717, 1.165) is 66.4 Å². The predicted molar refractivity (Wildman–Crippen MR) is 98.8 cm³/mol. The van der Waals surface area contributed by atoms with E-state index in [2.05, 4.69) is 32.1 Å². The van der Waals surface area contributed by atoms with Gasteiger partial charge in [-0.3, -0.25) is 4.90 Å². The maximum absolute atomic E-state index is 5.63. The van der Waals surface area contributed by atoms with Crippen LogP contribution in [0, 0.1) is 6.92 Å². The summed E-state index contributed by atoms with van der Waals surface area (Å²) in [5.74, 6) is 0.731. The van der Waals surface area contributed by atoms with E-state index in [9.17, 15) is 0 Å². The van der Waals surface area contributed by atoms with E-state index in [1.807, 2.05) is 17.5 Å². The first-order chi connectivity index (χ1) is 11.8. The van der Waals surface area contributed by atoms with Gasteiger partial charge in [0.15, 0.2) is 5.13 Å². The Bertz CT molecular complexity index is 780. The SMILES string of the molecule is Cc1csc(N2CCCN(Cc3coc(-c4cccs4)n3)CC2)n1. The molecule has 7 heteroatoms. The Morgan fingerprint density at radius 2 is 2.12 bits per heavy atom. The summed E-state index contributed by atoms with van der Waals surface area (Å²) in [6.45, 7) is 7.10. The van der Waals surface area contributed by atoms with Gasteiger partial charge in [-0.15, -0.1) is 22.7 Å². The van der Waals surface area contributed by atoms with Gasteiger partial charge in [0.1, 0.15) is 6.26 Å². The van der Waals surface area contributed by atoms with Gasteiger partial charge in [0, 0.05) is 38.1 Å². The summed E-state index contributed by atoms with van der Waals surface area (Å²) in [6, 6.07) is 4.06. The van der Waals surface area contributed by atoms with Gasteiger partial charge >= 0.3 is 0 Å². The number of thiazole rings is 1. The monoisotopic (exact) mass is 360 g/mol. The highest BCUT2D eigenvalue weighted by molar-refractivity contribution is 7.13. The molecule has 1 fully saturated rings. The number of hydrogen-bond donors (Lipinski definition) is 0. The van der Waals surface area contributed by atoms with Crippen molar-refractivity contribution in [2.75, 3.05) is 31.1 Å². The predicted octanol–water partition coefficient (Wildman–Crippen LogP) is 3.88. The summed E-state index contributed by atoms with van der Waals surface area (Å²) in [5, 5.41) is 5.32. The average Bonchev–Trinajstić information content (AvgIpc) is 3.29. The molecule has 24 heavy (non-hydrogen) atoms. The average molecular weight is 361 g/mol. The van der Waals surface area contributed by atoms with E-state index in [0.29, 0.717) is 0 Å². The Morgan fingerprint density at radius 1 is 1.17 bits per heavy atom. The third-order valence-corrected chi connectivity index (χ3v) is 6.01. The number of aryl methyl sites for hydroxylation is 1. The molecule has 3 aromatic heterocycles. The Kier molecular flexibility index (Phi) is 4.64. The Hall–Kier alpha value is -1.70. The quantitative estimate of drug-likeness (QED) is 0.706. The zero-order valence-electron chi connectivity index (χ0n) is 13.6. The first kappa shape index (κ1) is 15.8. The lowest BCUT2D eigenvalue weighted by atomic mass is 10.3. The van der Waals surface area contributed by atoms with E-state index in [-0.39, 0.29) is 0 Å². The second-order valence-corrected chi connectivity index (χ2v) is 7.79. The van der Waals surface area contributed by atoms with Crippen LogP contribution in [0.2, 0.25) is 0 Å². The molecule has 0 spiro atoms. The van der Waals surface area contributed by atoms with Crippen LogP contribution < -0.4 is 4.90 Å². The molecule has 0 radical (unpaired) electrons. The summed E-state index contributed by atoms with van der Waals surface area (Å²) in [5.41, 5.74) is 2.12. The molecule has 3 aromatic rings. The molecule has 0 atom stereocenters. The van der Waals surface area contributed by atoms with Crippen molar-refractivity contribution in [3.63, 3.8) is 0 Å². The van der Waals surface area contributed by atoms with Crippen LogP contribution in [-0.4, -0.2) is 41.0 Å². The molecule has 0 unspecified atom stereocenters. The number of thiophene rings is 1. The lowest BCUT2D eigenvalue weighted by Gasteiger charge is -2.20. The van der Waals surface area contributed by atoms with Crippen LogP contribution in [0.1, 0.15) is 17.8 Å². The van der Waals surface area contributed by atoms with Gasteiger partial charge in [-0.2, -0.15) is 0 Å². The maximum Gasteiger partial charge on any atom is 0.236 e. The largest absolute Gasteiger partial charge is 0.444 e. The normalized spacial score (nSPS) is 16.5. The standard InChI is InChI=1S/C17H20N4OS2/c1-13-12-24-17(18-13)21-6-3-5-20(7-8-21)10-14-11-22-16(19-14)15-4-2-9-23-15/h2,4,9,11-12H,3,5-8,10H2,1H3. The van der Waals surface area contributed by atoms with Gasteiger partial charge in [-0.25, -0.2) is 9.97 Å². The van der Waals surface area contributed by atoms with Crippen LogP contribution in [0.3, 0.4) is 0 Å². The third kappa shape index (κ3) is 3.53. The van der Waals surface area contributed by atoms with E-state index in [4.69, 9.17) is 4.42 Å². The molecule has 4 heterocycles. The topological polar surface area (TPSA) is 45.4 Å². The van der Waals surface area contributed by atoms with Crippen LogP contribution in [0.4, 0.5) is 5.13 Å². The molecule has 126 valence electrons. The van der Waals surface area contributed by atoms with Gasteiger partial charge in [0.05, 0.1) is 16.3 Å². The fourth-order valence-corrected chi connectivity index (χ4v) is 4.44. The molecule has 0 bridgehead atoms. The summed E-state index contributed by atoms with van der Waals surface area (Å²) >= 11 is 3.40. The summed E-state index contributed by atoms with van der Waals surface area (Å²) in [7, 11) is 0. The molecule has 5 nitrogen and oxygen atoms in total. The van der Waals surface area contributed by atoms with E-state index < -0.39 is 0 Å². The Balaban J connectivity index is 1.37. The van der Waals surface area contributed by atoms with Crippen molar-refractivity contribution in [1.82, 2.24) is 14.9 Å². The second kappa shape index (κ2) is 7.04. The molecular formula is C17H20N4OS2. The Labute approximate surface area is 149 Å². The summed E-state index contributed by atoms with van der Waals surface area (Å²) in [4.78, 5) is 15.2. The number of nitrogens with zero attached hydrogens (tertiary/aromatic N) is 4. The highest BCUT2D eigenvalue weighted by atomic mass is 32.1. The minimum absolute atomic E-state index is 0.731. The van der Waals surface area contributed by atoms with Crippen molar-refractivity contribution in [2.45, 2.75) is 19.9 Å². The van der Waals surface area contributed by atoms with Gasteiger partial charge < -0.3 is 9.32 Å². The first-order valence-electron chi connectivity index (χ1n) is 8.15. The van der Waals surface area contributed by atoms with E-state index in [1.54, 1.807) is 28.9 Å². The van der Waals surface area contributed by atoms with Crippen molar-refractivity contribution >= 4 is 27.8 Å². The lowest BCUT2D eigenvalue weighted by molar-refractivity contribution is 0.282. The van der Waals surface area contributed by atoms with E-state index in [1.165, 1.54) is 0 Å². The Morgan fingerprint density at radius 3 is 2.92 bits per heavy atom. The van der Waals surface area contributed by atoms with Crippen LogP contribution >= 0.6 is 22.7 Å². The molecule has 1 saturated heterocycles. The van der Waals surface area contributed by atoms with Gasteiger partial charge in [0.25, 0.3) is 0 Å². The van der Waals surface area contributed by atoms with Crippen LogP contribution in [0.5, 0.6) is 0 Å².